The molecule has 2 N–H and O–H groups in total. The molecule has 1 aliphatic rings. The van der Waals surface area contributed by atoms with Gasteiger partial charge in [0.15, 0.2) is 0 Å². The third kappa shape index (κ3) is 4.15. The molecule has 0 aromatic heterocycles. The number of hydrogen-bond donors (Lipinski definition) is 2. The second-order valence-corrected chi connectivity index (χ2v) is 5.19. The van der Waals surface area contributed by atoms with Gasteiger partial charge in [0.05, 0.1) is 19.8 Å². The Morgan fingerprint density at radius 2 is 2.00 bits per heavy atom. The van der Waals surface area contributed by atoms with Crippen molar-refractivity contribution < 1.29 is 24.2 Å². The molecule has 7 nitrogen and oxygen atoms in total. The van der Waals surface area contributed by atoms with Crippen LogP contribution in [0.15, 0.2) is 0 Å². The average molecular weight is 260 g/mol. The number of carbonyl (C=O) groups excluding carboxylic acids is 2. The molecule has 1 rings (SSSR count). The Balaban J connectivity index is 2.66. The third-order valence-electron chi connectivity index (χ3n) is 2.31. The molecule has 0 radical (unpaired) electrons. The first-order valence-electron chi connectivity index (χ1n) is 5.75. The smallest absolute Gasteiger partial charge is 0.424 e. The van der Waals surface area contributed by atoms with E-state index >= 15 is 0 Å². The van der Waals surface area contributed by atoms with Crippen LogP contribution in [0.5, 0.6) is 0 Å². The first kappa shape index (κ1) is 14.7. The van der Waals surface area contributed by atoms with Gasteiger partial charge in [0.2, 0.25) is 0 Å². The number of hydrazine groups is 1. The van der Waals surface area contributed by atoms with Gasteiger partial charge < -0.3 is 14.6 Å². The molecule has 1 heterocycles. The summed E-state index contributed by atoms with van der Waals surface area (Å²) in [6.45, 7) is 5.29. The van der Waals surface area contributed by atoms with Gasteiger partial charge in [-0.2, -0.15) is 0 Å². The van der Waals surface area contributed by atoms with E-state index in [9.17, 15) is 14.7 Å². The molecule has 0 aliphatic carbocycles. The maximum Gasteiger partial charge on any atom is 0.424 e. The predicted octanol–water partition coefficient (Wildman–Crippen LogP) is 0.0343. The molecule has 0 spiro atoms. The van der Waals surface area contributed by atoms with E-state index in [1.165, 1.54) is 7.11 Å². The number of aliphatic hydroxyl groups excluding tert-OH is 1. The molecule has 2 atom stereocenters. The fourth-order valence-corrected chi connectivity index (χ4v) is 1.59. The van der Waals surface area contributed by atoms with Gasteiger partial charge in [-0.15, -0.1) is 0 Å². The highest BCUT2D eigenvalue weighted by molar-refractivity contribution is 5.77. The van der Waals surface area contributed by atoms with Crippen LogP contribution >= 0.6 is 0 Å². The standard InChI is InChI=1S/C11H20N2O5/c1-11(2,3)18-10(16)13-6-7(14)5-8(12-13)9(15)17-4/h7-8,12,14H,5-6H2,1-4H3/t7-,8-/m1/s1. The first-order valence-corrected chi connectivity index (χ1v) is 5.75. The summed E-state index contributed by atoms with van der Waals surface area (Å²) in [6, 6.07) is -0.744. The van der Waals surface area contributed by atoms with Crippen molar-refractivity contribution in [1.82, 2.24) is 10.4 Å². The largest absolute Gasteiger partial charge is 0.468 e. The molecule has 1 aliphatic heterocycles. The summed E-state index contributed by atoms with van der Waals surface area (Å²) < 4.78 is 9.72. The summed E-state index contributed by atoms with van der Waals surface area (Å²) in [5.41, 5.74) is 2.04. The minimum Gasteiger partial charge on any atom is -0.468 e. The van der Waals surface area contributed by atoms with Crippen LogP contribution in [0.4, 0.5) is 4.79 Å². The lowest BCUT2D eigenvalue weighted by atomic mass is 10.1. The Hall–Kier alpha value is -1.34. The number of methoxy groups -OCH3 is 1. The average Bonchev–Trinajstić information content (AvgIpc) is 2.24. The lowest BCUT2D eigenvalue weighted by molar-refractivity contribution is -0.147. The van der Waals surface area contributed by atoms with Crippen molar-refractivity contribution in [3.8, 4) is 0 Å². The van der Waals surface area contributed by atoms with Crippen LogP contribution in [-0.4, -0.2) is 53.6 Å². The van der Waals surface area contributed by atoms with Gasteiger partial charge >= 0.3 is 12.1 Å². The highest BCUT2D eigenvalue weighted by atomic mass is 16.6. The lowest BCUT2D eigenvalue weighted by Crippen LogP contribution is -2.60. The number of β-amino-alcohol motifs (C(OH)–C–C–N with tert-alkyl or cyclic N) is 1. The quantitative estimate of drug-likeness (QED) is 0.647. The van der Waals surface area contributed by atoms with E-state index in [-0.39, 0.29) is 13.0 Å². The van der Waals surface area contributed by atoms with Crippen LogP contribution in [0.2, 0.25) is 0 Å². The molecule has 104 valence electrons. The van der Waals surface area contributed by atoms with Crippen LogP contribution in [0.3, 0.4) is 0 Å². The van der Waals surface area contributed by atoms with Crippen molar-refractivity contribution in [3.05, 3.63) is 0 Å². The van der Waals surface area contributed by atoms with Gasteiger partial charge in [-0.05, 0) is 20.8 Å². The van der Waals surface area contributed by atoms with E-state index < -0.39 is 29.8 Å². The second kappa shape index (κ2) is 5.53. The Bertz CT molecular complexity index is 326. The van der Waals surface area contributed by atoms with Crippen molar-refractivity contribution in [3.63, 3.8) is 0 Å². The molecule has 0 unspecified atom stereocenters. The fraction of sp³-hybridized carbons (Fsp3) is 0.818. The van der Waals surface area contributed by atoms with Gasteiger partial charge in [-0.1, -0.05) is 0 Å². The molecule has 7 heteroatoms. The van der Waals surface area contributed by atoms with E-state index in [4.69, 9.17) is 4.74 Å². The molecule has 0 aromatic carbocycles. The number of amides is 1. The van der Waals surface area contributed by atoms with Crippen molar-refractivity contribution >= 4 is 12.1 Å². The molecule has 1 fully saturated rings. The number of carbonyl (C=O) groups is 2. The molecular formula is C11H20N2O5. The van der Waals surface area contributed by atoms with Gasteiger partial charge in [0.1, 0.15) is 11.6 Å². The number of esters is 1. The number of rotatable bonds is 1. The topological polar surface area (TPSA) is 88.1 Å². The summed E-state index contributed by atoms with van der Waals surface area (Å²) in [5.74, 6) is -0.526. The summed E-state index contributed by atoms with van der Waals surface area (Å²) in [4.78, 5) is 23.2. The van der Waals surface area contributed by atoms with Gasteiger partial charge in [0, 0.05) is 6.42 Å². The molecular weight excluding hydrogens is 240 g/mol. The Kier molecular flexibility index (Phi) is 4.53. The fourth-order valence-electron chi connectivity index (χ4n) is 1.59. The minimum absolute atomic E-state index is 0.0718. The zero-order valence-electron chi connectivity index (χ0n) is 11.1. The Morgan fingerprint density at radius 1 is 1.39 bits per heavy atom. The van der Waals surface area contributed by atoms with Crippen molar-refractivity contribution in [1.29, 1.82) is 0 Å². The monoisotopic (exact) mass is 260 g/mol. The molecule has 1 saturated heterocycles. The van der Waals surface area contributed by atoms with Crippen LogP contribution < -0.4 is 5.43 Å². The Morgan fingerprint density at radius 3 is 2.50 bits per heavy atom. The normalized spacial score (nSPS) is 24.6. The SMILES string of the molecule is COC(=O)[C@H]1C[C@@H](O)CN(C(=O)OC(C)(C)C)N1. The zero-order valence-corrected chi connectivity index (χ0v) is 11.1. The van der Waals surface area contributed by atoms with E-state index in [0.29, 0.717) is 0 Å². The molecule has 0 aromatic rings. The van der Waals surface area contributed by atoms with Gasteiger partial charge in [-0.3, -0.25) is 4.79 Å². The van der Waals surface area contributed by atoms with Crippen LogP contribution in [0.1, 0.15) is 27.2 Å². The first-order chi connectivity index (χ1) is 8.23. The summed E-state index contributed by atoms with van der Waals surface area (Å²) in [5, 5.41) is 10.7. The number of ether oxygens (including phenoxy) is 2. The maximum absolute atomic E-state index is 11.8. The molecule has 0 saturated carbocycles. The summed E-state index contributed by atoms with van der Waals surface area (Å²) >= 11 is 0. The van der Waals surface area contributed by atoms with E-state index in [2.05, 4.69) is 10.2 Å². The maximum atomic E-state index is 11.8. The van der Waals surface area contributed by atoms with Crippen molar-refractivity contribution in [2.45, 2.75) is 44.9 Å². The van der Waals surface area contributed by atoms with Crippen molar-refractivity contribution in [2.75, 3.05) is 13.7 Å². The van der Waals surface area contributed by atoms with E-state index in [0.717, 1.165) is 5.01 Å². The number of hydrogen-bond acceptors (Lipinski definition) is 6. The van der Waals surface area contributed by atoms with Gasteiger partial charge in [-0.25, -0.2) is 15.2 Å². The lowest BCUT2D eigenvalue weighted by Gasteiger charge is -2.36. The third-order valence-corrected chi connectivity index (χ3v) is 2.31. The second-order valence-electron chi connectivity index (χ2n) is 5.19. The predicted molar refractivity (Wildman–Crippen MR) is 62.5 cm³/mol. The highest BCUT2D eigenvalue weighted by Gasteiger charge is 2.35. The summed E-state index contributed by atoms with van der Waals surface area (Å²) in [6.07, 6.45) is -1.22. The number of nitrogens with zero attached hydrogens (tertiary/aromatic N) is 1. The Labute approximate surface area is 106 Å². The highest BCUT2D eigenvalue weighted by Crippen LogP contribution is 2.14. The minimum atomic E-state index is -0.789. The molecule has 1 amide bonds. The van der Waals surface area contributed by atoms with Gasteiger partial charge in [0.25, 0.3) is 0 Å². The van der Waals surface area contributed by atoms with Crippen LogP contribution in [0.25, 0.3) is 0 Å². The van der Waals surface area contributed by atoms with Crippen LogP contribution in [0, 0.1) is 0 Å². The van der Waals surface area contributed by atoms with E-state index in [1.54, 1.807) is 20.8 Å². The zero-order chi connectivity index (χ0) is 13.9. The molecule has 18 heavy (non-hydrogen) atoms. The summed E-state index contributed by atoms with van der Waals surface area (Å²) in [7, 11) is 1.25. The van der Waals surface area contributed by atoms with E-state index in [1.807, 2.05) is 0 Å². The number of nitrogens with one attached hydrogen (secondary N) is 1. The number of aliphatic hydroxyl groups is 1. The molecule has 0 bridgehead atoms. The van der Waals surface area contributed by atoms with Crippen LogP contribution in [-0.2, 0) is 14.3 Å². The van der Waals surface area contributed by atoms with Crippen molar-refractivity contribution in [2.24, 2.45) is 0 Å².